The Kier molecular flexibility index (Phi) is 2.56. The Morgan fingerprint density at radius 1 is 0.650 bits per heavy atom. The van der Waals surface area contributed by atoms with Gasteiger partial charge in [-0.3, -0.25) is 0 Å². The highest BCUT2D eigenvalue weighted by Gasteiger charge is 2.10. The molecule has 1 nitrogen and oxygen atoms in total. The molecule has 0 atom stereocenters. The first-order chi connectivity index (χ1) is 9.92. The van der Waals surface area contributed by atoms with Crippen molar-refractivity contribution < 1.29 is 4.42 Å². The van der Waals surface area contributed by atoms with Crippen molar-refractivity contribution in [2.24, 2.45) is 0 Å². The maximum absolute atomic E-state index is 6.06. The molecule has 0 bridgehead atoms. The van der Waals surface area contributed by atoms with Gasteiger partial charge < -0.3 is 4.42 Å². The second-order valence-electron chi connectivity index (χ2n) is 5.05. The fraction of sp³-hybridized carbons (Fsp3) is 0.0526. The molecule has 96 valence electrons. The number of hydrogen-bond donors (Lipinski definition) is 0. The van der Waals surface area contributed by atoms with E-state index in [2.05, 4.69) is 54.6 Å². The Bertz CT molecular complexity index is 872. The summed E-state index contributed by atoms with van der Waals surface area (Å²) in [4.78, 5) is 0. The molecular formula is C19H14O. The topological polar surface area (TPSA) is 13.1 Å². The summed E-state index contributed by atoms with van der Waals surface area (Å²) in [6.45, 7) is 0. The number of para-hydroxylation sites is 2. The summed E-state index contributed by atoms with van der Waals surface area (Å²) in [5.74, 6) is 0. The van der Waals surface area contributed by atoms with E-state index in [9.17, 15) is 0 Å². The molecule has 0 aliphatic carbocycles. The van der Waals surface area contributed by atoms with Crippen molar-refractivity contribution >= 4 is 21.9 Å². The van der Waals surface area contributed by atoms with Crippen LogP contribution in [0.2, 0.25) is 0 Å². The average Bonchev–Trinajstić information content (AvgIpc) is 2.88. The molecule has 20 heavy (non-hydrogen) atoms. The molecule has 0 spiro atoms. The van der Waals surface area contributed by atoms with Crippen LogP contribution in [0, 0.1) is 0 Å². The summed E-state index contributed by atoms with van der Waals surface area (Å²) in [5.41, 5.74) is 4.52. The third-order valence-electron chi connectivity index (χ3n) is 3.72. The first kappa shape index (κ1) is 11.3. The van der Waals surface area contributed by atoms with Crippen molar-refractivity contribution in [3.8, 4) is 0 Å². The lowest BCUT2D eigenvalue weighted by Gasteiger charge is -2.02. The molecule has 0 radical (unpaired) electrons. The molecule has 0 amide bonds. The van der Waals surface area contributed by atoms with E-state index in [1.807, 2.05) is 18.2 Å². The van der Waals surface area contributed by atoms with E-state index in [0.29, 0.717) is 0 Å². The van der Waals surface area contributed by atoms with Gasteiger partial charge in [0.2, 0.25) is 0 Å². The van der Waals surface area contributed by atoms with Crippen LogP contribution in [0.1, 0.15) is 11.1 Å². The quantitative estimate of drug-likeness (QED) is 0.483. The van der Waals surface area contributed by atoms with Gasteiger partial charge in [-0.25, -0.2) is 0 Å². The molecule has 0 N–H and O–H groups in total. The summed E-state index contributed by atoms with van der Waals surface area (Å²) in [6.07, 6.45) is 0.901. The van der Waals surface area contributed by atoms with Crippen LogP contribution in [-0.2, 0) is 6.42 Å². The number of rotatable bonds is 2. The maximum atomic E-state index is 6.06. The van der Waals surface area contributed by atoms with Gasteiger partial charge >= 0.3 is 0 Å². The Hall–Kier alpha value is -2.54. The van der Waals surface area contributed by atoms with Crippen LogP contribution in [0.4, 0.5) is 0 Å². The van der Waals surface area contributed by atoms with E-state index in [1.54, 1.807) is 0 Å². The molecule has 0 saturated carbocycles. The van der Waals surface area contributed by atoms with Crippen LogP contribution in [0.3, 0.4) is 0 Å². The van der Waals surface area contributed by atoms with Gasteiger partial charge in [0.05, 0.1) is 0 Å². The molecule has 1 aromatic heterocycles. The van der Waals surface area contributed by atoms with Crippen molar-refractivity contribution in [2.45, 2.75) is 6.42 Å². The number of benzene rings is 3. The highest BCUT2D eigenvalue weighted by molar-refractivity contribution is 6.05. The van der Waals surface area contributed by atoms with Gasteiger partial charge in [-0.15, -0.1) is 0 Å². The number of hydrogen-bond acceptors (Lipinski definition) is 1. The summed E-state index contributed by atoms with van der Waals surface area (Å²) >= 11 is 0. The van der Waals surface area contributed by atoms with Crippen LogP contribution < -0.4 is 0 Å². The van der Waals surface area contributed by atoms with Gasteiger partial charge in [-0.1, -0.05) is 66.7 Å². The highest BCUT2D eigenvalue weighted by Crippen LogP contribution is 2.31. The van der Waals surface area contributed by atoms with Crippen molar-refractivity contribution in [2.75, 3.05) is 0 Å². The third-order valence-corrected chi connectivity index (χ3v) is 3.72. The molecule has 0 saturated heterocycles. The molecule has 0 aliphatic rings. The Morgan fingerprint density at radius 3 is 2.30 bits per heavy atom. The number of furan rings is 1. The van der Waals surface area contributed by atoms with E-state index in [-0.39, 0.29) is 0 Å². The zero-order valence-electron chi connectivity index (χ0n) is 11.0. The fourth-order valence-corrected chi connectivity index (χ4v) is 2.76. The smallest absolute Gasteiger partial charge is 0.138 e. The van der Waals surface area contributed by atoms with Crippen molar-refractivity contribution in [1.82, 2.24) is 0 Å². The molecule has 0 aliphatic heterocycles. The van der Waals surface area contributed by atoms with Crippen LogP contribution in [0.15, 0.2) is 77.2 Å². The predicted molar refractivity (Wildman–Crippen MR) is 83.0 cm³/mol. The monoisotopic (exact) mass is 258 g/mol. The van der Waals surface area contributed by atoms with E-state index in [0.717, 1.165) is 17.6 Å². The van der Waals surface area contributed by atoms with Crippen molar-refractivity contribution in [3.05, 3.63) is 83.9 Å². The lowest BCUT2D eigenvalue weighted by atomic mass is 10.0. The van der Waals surface area contributed by atoms with Crippen LogP contribution in [-0.4, -0.2) is 0 Å². The minimum absolute atomic E-state index is 0.901. The van der Waals surface area contributed by atoms with E-state index < -0.39 is 0 Å². The minimum atomic E-state index is 0.901. The van der Waals surface area contributed by atoms with Crippen LogP contribution in [0.25, 0.3) is 21.9 Å². The first-order valence-corrected chi connectivity index (χ1v) is 6.85. The Labute approximate surface area is 117 Å². The largest absolute Gasteiger partial charge is 0.456 e. The molecular weight excluding hydrogens is 244 g/mol. The third kappa shape index (κ3) is 1.79. The zero-order chi connectivity index (χ0) is 13.4. The molecule has 3 aromatic carbocycles. The van der Waals surface area contributed by atoms with E-state index >= 15 is 0 Å². The Balaban J connectivity index is 1.91. The van der Waals surface area contributed by atoms with Gasteiger partial charge in [0.1, 0.15) is 11.2 Å². The summed E-state index contributed by atoms with van der Waals surface area (Å²) < 4.78 is 6.06. The van der Waals surface area contributed by atoms with Gasteiger partial charge in [0, 0.05) is 17.2 Å². The second-order valence-corrected chi connectivity index (χ2v) is 5.05. The number of fused-ring (bicyclic) bond motifs is 3. The van der Waals surface area contributed by atoms with Gasteiger partial charge in [0.15, 0.2) is 0 Å². The highest BCUT2D eigenvalue weighted by atomic mass is 16.3. The average molecular weight is 258 g/mol. The van der Waals surface area contributed by atoms with Gasteiger partial charge in [0.25, 0.3) is 0 Å². The minimum Gasteiger partial charge on any atom is -0.456 e. The molecule has 4 aromatic rings. The van der Waals surface area contributed by atoms with Gasteiger partial charge in [-0.05, 0) is 17.2 Å². The van der Waals surface area contributed by atoms with E-state index in [1.165, 1.54) is 21.9 Å². The second kappa shape index (κ2) is 4.53. The predicted octanol–water partition coefficient (Wildman–Crippen LogP) is 5.18. The van der Waals surface area contributed by atoms with Gasteiger partial charge in [-0.2, -0.15) is 0 Å². The standard InChI is InChI=1S/C19H14O/c1-2-7-14(8-3-1)13-15-9-6-11-17-16-10-4-5-12-18(16)20-19(15)17/h1-12H,13H2. The SMILES string of the molecule is c1ccc(Cc2cccc3c2oc2ccccc23)cc1. The maximum Gasteiger partial charge on any atom is 0.138 e. The summed E-state index contributed by atoms with van der Waals surface area (Å²) in [6, 6.07) is 25.1. The molecule has 0 unspecified atom stereocenters. The van der Waals surface area contributed by atoms with Crippen molar-refractivity contribution in [3.63, 3.8) is 0 Å². The van der Waals surface area contributed by atoms with E-state index in [4.69, 9.17) is 4.42 Å². The molecule has 1 heterocycles. The summed E-state index contributed by atoms with van der Waals surface area (Å²) in [7, 11) is 0. The molecule has 4 rings (SSSR count). The van der Waals surface area contributed by atoms with Crippen molar-refractivity contribution in [1.29, 1.82) is 0 Å². The normalized spacial score (nSPS) is 11.2. The van der Waals surface area contributed by atoms with Crippen LogP contribution in [0.5, 0.6) is 0 Å². The zero-order valence-corrected chi connectivity index (χ0v) is 11.0. The molecule has 1 heteroatoms. The lowest BCUT2D eigenvalue weighted by molar-refractivity contribution is 0.664. The van der Waals surface area contributed by atoms with Crippen LogP contribution >= 0.6 is 0 Å². The summed E-state index contributed by atoms with van der Waals surface area (Å²) in [5, 5.41) is 2.39. The lowest BCUT2D eigenvalue weighted by Crippen LogP contribution is -1.87. The Morgan fingerprint density at radius 2 is 1.40 bits per heavy atom. The first-order valence-electron chi connectivity index (χ1n) is 6.85. The fourth-order valence-electron chi connectivity index (χ4n) is 2.76. The molecule has 0 fully saturated rings.